The van der Waals surface area contributed by atoms with Crippen LogP contribution in [0.5, 0.6) is 11.6 Å². The van der Waals surface area contributed by atoms with Gasteiger partial charge in [-0.15, -0.1) is 0 Å². The lowest BCUT2D eigenvalue weighted by atomic mass is 9.84. The fourth-order valence-corrected chi connectivity index (χ4v) is 2.94. The molecule has 0 amide bonds. The molecule has 0 atom stereocenters. The highest BCUT2D eigenvalue weighted by molar-refractivity contribution is 5.74. The molecule has 1 aromatic carbocycles. The molecule has 4 nitrogen and oxygen atoms in total. The normalized spacial score (nSPS) is 14.5. The van der Waals surface area contributed by atoms with Crippen LogP contribution < -0.4 is 4.74 Å². The van der Waals surface area contributed by atoms with Crippen molar-refractivity contribution < 1.29 is 19.0 Å². The van der Waals surface area contributed by atoms with Crippen LogP contribution in [0.3, 0.4) is 0 Å². The van der Waals surface area contributed by atoms with Crippen molar-refractivity contribution in [3.63, 3.8) is 0 Å². The zero-order valence-corrected chi connectivity index (χ0v) is 13.7. The van der Waals surface area contributed by atoms with Crippen molar-refractivity contribution in [3.05, 3.63) is 53.5 Å². The van der Waals surface area contributed by atoms with Gasteiger partial charge in [-0.2, -0.15) is 0 Å². The number of aldehydes is 1. The molecular formula is C19H22FNO3. The van der Waals surface area contributed by atoms with E-state index < -0.39 is 5.82 Å². The van der Waals surface area contributed by atoms with Gasteiger partial charge in [0.2, 0.25) is 0 Å². The topological polar surface area (TPSA) is 59.4 Å². The van der Waals surface area contributed by atoms with E-state index in [1.165, 1.54) is 43.9 Å². The van der Waals surface area contributed by atoms with E-state index in [1.54, 1.807) is 0 Å². The number of carbonyl (C=O) groups excluding carboxylic acids is 1. The zero-order chi connectivity index (χ0) is 17.4. The first-order chi connectivity index (χ1) is 11.8. The summed E-state index contributed by atoms with van der Waals surface area (Å²) in [5.74, 6) is 0.423. The van der Waals surface area contributed by atoms with Gasteiger partial charge in [-0.25, -0.2) is 9.37 Å². The van der Waals surface area contributed by atoms with Gasteiger partial charge in [0.15, 0.2) is 12.1 Å². The second-order valence-electron chi connectivity index (χ2n) is 5.68. The molecule has 1 aliphatic rings. The van der Waals surface area contributed by atoms with E-state index >= 15 is 0 Å². The molecule has 24 heavy (non-hydrogen) atoms. The molecule has 1 saturated carbocycles. The molecule has 0 spiro atoms. The Hall–Kier alpha value is -2.27. The fourth-order valence-electron chi connectivity index (χ4n) is 2.94. The summed E-state index contributed by atoms with van der Waals surface area (Å²) in [4.78, 5) is 14.4. The number of nitrogens with zero attached hydrogens (tertiary/aromatic N) is 1. The van der Waals surface area contributed by atoms with Gasteiger partial charge in [0.05, 0.1) is 0 Å². The molecule has 0 bridgehead atoms. The number of carbonyl (C=O) groups is 1. The van der Waals surface area contributed by atoms with Crippen LogP contribution in [-0.2, 0) is 0 Å². The van der Waals surface area contributed by atoms with Crippen molar-refractivity contribution in [2.75, 3.05) is 7.11 Å². The van der Waals surface area contributed by atoms with Crippen molar-refractivity contribution >= 4 is 6.29 Å². The first kappa shape index (κ1) is 18.1. The molecule has 3 rings (SSSR count). The molecule has 1 N–H and O–H groups in total. The van der Waals surface area contributed by atoms with Crippen LogP contribution in [0.1, 0.15) is 53.9 Å². The molecule has 0 unspecified atom stereocenters. The average molecular weight is 331 g/mol. The largest absolute Gasteiger partial charge is 0.436 e. The highest BCUT2D eigenvalue weighted by Crippen LogP contribution is 2.33. The number of aliphatic hydroxyl groups excluding tert-OH is 1. The number of hydrogen-bond acceptors (Lipinski definition) is 4. The van der Waals surface area contributed by atoms with Crippen LogP contribution in [0.25, 0.3) is 0 Å². The Labute approximate surface area is 141 Å². The van der Waals surface area contributed by atoms with Crippen molar-refractivity contribution in [1.29, 1.82) is 0 Å². The molecule has 5 heteroatoms. The molecular weight excluding hydrogens is 309 g/mol. The van der Waals surface area contributed by atoms with E-state index in [2.05, 4.69) is 4.98 Å². The summed E-state index contributed by atoms with van der Waals surface area (Å²) in [7, 11) is 1.00. The van der Waals surface area contributed by atoms with E-state index in [1.807, 2.05) is 24.3 Å². The van der Waals surface area contributed by atoms with Crippen LogP contribution in [0.4, 0.5) is 4.39 Å². The molecule has 1 aromatic heterocycles. The van der Waals surface area contributed by atoms with Crippen LogP contribution in [0.15, 0.2) is 36.5 Å². The molecule has 1 aliphatic carbocycles. The molecule has 128 valence electrons. The van der Waals surface area contributed by atoms with Crippen molar-refractivity contribution in [2.45, 2.75) is 38.0 Å². The van der Waals surface area contributed by atoms with Gasteiger partial charge >= 0.3 is 0 Å². The first-order valence-corrected chi connectivity index (χ1v) is 8.09. The second-order valence-corrected chi connectivity index (χ2v) is 5.68. The van der Waals surface area contributed by atoms with Gasteiger partial charge in [-0.1, -0.05) is 31.4 Å². The minimum absolute atomic E-state index is 0.115. The number of rotatable bonds is 4. The highest BCUT2D eigenvalue weighted by atomic mass is 19.1. The van der Waals surface area contributed by atoms with E-state index in [0.717, 1.165) is 13.2 Å². The van der Waals surface area contributed by atoms with Crippen LogP contribution >= 0.6 is 0 Å². The first-order valence-electron chi connectivity index (χ1n) is 8.09. The summed E-state index contributed by atoms with van der Waals surface area (Å²) >= 11 is 0. The SMILES string of the molecule is CO.O=Cc1cnc(Oc2ccc(C3CCCCC3)cc2)c(F)c1. The van der Waals surface area contributed by atoms with Gasteiger partial charge in [-0.3, -0.25) is 4.79 Å². The van der Waals surface area contributed by atoms with Crippen molar-refractivity contribution in [2.24, 2.45) is 0 Å². The number of ether oxygens (including phenoxy) is 1. The minimum atomic E-state index is -0.638. The van der Waals surface area contributed by atoms with Gasteiger partial charge in [-0.05, 0) is 42.5 Å². The lowest BCUT2D eigenvalue weighted by molar-refractivity contribution is 0.112. The fraction of sp³-hybridized carbons (Fsp3) is 0.368. The highest BCUT2D eigenvalue weighted by Gasteiger charge is 2.15. The van der Waals surface area contributed by atoms with Crippen LogP contribution in [-0.4, -0.2) is 23.5 Å². The van der Waals surface area contributed by atoms with Crippen LogP contribution in [0, 0.1) is 5.82 Å². The minimum Gasteiger partial charge on any atom is -0.436 e. The van der Waals surface area contributed by atoms with E-state index in [0.29, 0.717) is 18.0 Å². The summed E-state index contributed by atoms with van der Waals surface area (Å²) in [6, 6.07) is 8.90. The Kier molecular flexibility index (Phi) is 6.88. The molecule has 2 aromatic rings. The lowest BCUT2D eigenvalue weighted by Gasteiger charge is -2.22. The zero-order valence-electron chi connectivity index (χ0n) is 13.7. The van der Waals surface area contributed by atoms with E-state index in [-0.39, 0.29) is 11.4 Å². The van der Waals surface area contributed by atoms with Crippen molar-refractivity contribution in [3.8, 4) is 11.6 Å². The Morgan fingerprint density at radius 1 is 1.17 bits per heavy atom. The standard InChI is InChI=1S/C18H18FNO2.CH4O/c19-17-10-13(12-21)11-20-18(17)22-16-8-6-15(7-9-16)14-4-2-1-3-5-14;1-2/h6-12,14H,1-5H2;2H,1H3. The Balaban J connectivity index is 0.00000100. The molecule has 0 saturated heterocycles. The monoisotopic (exact) mass is 331 g/mol. The number of pyridine rings is 1. The predicted octanol–water partition coefficient (Wildman–Crippen LogP) is 4.48. The predicted molar refractivity (Wildman–Crippen MR) is 90.1 cm³/mol. The summed E-state index contributed by atoms with van der Waals surface area (Å²) < 4.78 is 19.2. The van der Waals surface area contributed by atoms with E-state index in [4.69, 9.17) is 9.84 Å². The Morgan fingerprint density at radius 3 is 2.42 bits per heavy atom. The van der Waals surface area contributed by atoms with Crippen LogP contribution in [0.2, 0.25) is 0 Å². The third-order valence-corrected chi connectivity index (χ3v) is 4.14. The maximum Gasteiger partial charge on any atom is 0.255 e. The maximum atomic E-state index is 13.7. The quantitative estimate of drug-likeness (QED) is 0.839. The Bertz CT molecular complexity index is 652. The number of hydrogen-bond donors (Lipinski definition) is 1. The van der Waals surface area contributed by atoms with Gasteiger partial charge < -0.3 is 9.84 Å². The second kappa shape index (κ2) is 9.13. The molecule has 0 radical (unpaired) electrons. The third-order valence-electron chi connectivity index (χ3n) is 4.14. The summed E-state index contributed by atoms with van der Waals surface area (Å²) in [5.41, 5.74) is 1.51. The molecule has 0 aliphatic heterocycles. The number of aromatic nitrogens is 1. The van der Waals surface area contributed by atoms with E-state index in [9.17, 15) is 9.18 Å². The molecule has 1 heterocycles. The third kappa shape index (κ3) is 4.61. The summed E-state index contributed by atoms with van der Waals surface area (Å²) in [6.45, 7) is 0. The van der Waals surface area contributed by atoms with Crippen molar-refractivity contribution in [1.82, 2.24) is 4.98 Å². The maximum absolute atomic E-state index is 13.7. The van der Waals surface area contributed by atoms with Gasteiger partial charge in [0, 0.05) is 18.9 Å². The average Bonchev–Trinajstić information content (AvgIpc) is 2.66. The summed E-state index contributed by atoms with van der Waals surface area (Å²) in [6.07, 6.45) is 8.25. The summed E-state index contributed by atoms with van der Waals surface area (Å²) in [5, 5.41) is 7.00. The number of benzene rings is 1. The lowest BCUT2D eigenvalue weighted by Crippen LogP contribution is -2.04. The molecule has 1 fully saturated rings. The Morgan fingerprint density at radius 2 is 1.83 bits per heavy atom. The van der Waals surface area contributed by atoms with Gasteiger partial charge in [0.25, 0.3) is 5.88 Å². The smallest absolute Gasteiger partial charge is 0.255 e. The number of halogens is 1. The number of aliphatic hydroxyl groups is 1. The van der Waals surface area contributed by atoms with Gasteiger partial charge in [0.1, 0.15) is 5.75 Å².